The van der Waals surface area contributed by atoms with Crippen LogP contribution in [0.5, 0.6) is 0 Å². The molecule has 34 heavy (non-hydrogen) atoms. The fraction of sp³-hybridized carbons (Fsp3) is 0.0741. The third-order valence-electron chi connectivity index (χ3n) is 6.22. The molecule has 0 saturated heterocycles. The van der Waals surface area contributed by atoms with Gasteiger partial charge in [0.1, 0.15) is 0 Å². The van der Waals surface area contributed by atoms with Crippen molar-refractivity contribution in [1.82, 2.24) is 24.5 Å². The van der Waals surface area contributed by atoms with Gasteiger partial charge in [-0.25, -0.2) is 4.68 Å². The van der Waals surface area contributed by atoms with Crippen molar-refractivity contribution in [2.24, 2.45) is 5.73 Å². The number of nitrogens with zero attached hydrogens (tertiary/aromatic N) is 4. The Labute approximate surface area is 195 Å². The molecule has 7 heteroatoms. The van der Waals surface area contributed by atoms with Gasteiger partial charge in [0, 0.05) is 34.7 Å². The van der Waals surface area contributed by atoms with Gasteiger partial charge < -0.3 is 10.3 Å². The molecular formula is C27H22N6O. The minimum Gasteiger partial charge on any atom is -0.364 e. The molecule has 0 spiro atoms. The molecule has 0 saturated carbocycles. The fourth-order valence-electron chi connectivity index (χ4n) is 4.43. The number of fused-ring (bicyclic) bond motifs is 2. The Morgan fingerprint density at radius 3 is 2.56 bits per heavy atom. The van der Waals surface area contributed by atoms with Gasteiger partial charge in [-0.15, -0.1) is 0 Å². The molecule has 6 rings (SSSR count). The first kappa shape index (κ1) is 20.0. The maximum atomic E-state index is 11.5. The quantitative estimate of drug-likeness (QED) is 0.397. The van der Waals surface area contributed by atoms with E-state index in [0.29, 0.717) is 0 Å². The standard InChI is InChI=1S/C27H22N6O/c1-17-12-25(27(28)34)31-33(17)23-7-9-26-21(14-23)10-11-32(26)16-18-2-4-19(5-3-18)20-6-8-24-22(13-20)15-29-30-24/h2-15H,16H2,1H3,(H2,28,34)(H,29,30). The molecule has 0 aliphatic carbocycles. The Kier molecular flexibility index (Phi) is 4.55. The second-order valence-electron chi connectivity index (χ2n) is 8.50. The highest BCUT2D eigenvalue weighted by atomic mass is 16.1. The molecular weight excluding hydrogens is 424 g/mol. The summed E-state index contributed by atoms with van der Waals surface area (Å²) in [6, 6.07) is 25.0. The van der Waals surface area contributed by atoms with Crippen molar-refractivity contribution < 1.29 is 4.79 Å². The van der Waals surface area contributed by atoms with Gasteiger partial charge in [-0.1, -0.05) is 30.3 Å². The highest BCUT2D eigenvalue weighted by molar-refractivity contribution is 5.91. The van der Waals surface area contributed by atoms with E-state index in [2.05, 4.69) is 86.7 Å². The number of benzene rings is 3. The van der Waals surface area contributed by atoms with Crippen molar-refractivity contribution in [3.8, 4) is 16.8 Å². The zero-order valence-corrected chi connectivity index (χ0v) is 18.6. The number of amides is 1. The largest absolute Gasteiger partial charge is 0.364 e. The summed E-state index contributed by atoms with van der Waals surface area (Å²) in [6.07, 6.45) is 3.94. The molecule has 0 radical (unpaired) electrons. The average molecular weight is 447 g/mol. The number of hydrogen-bond donors (Lipinski definition) is 2. The normalized spacial score (nSPS) is 11.4. The van der Waals surface area contributed by atoms with E-state index in [-0.39, 0.29) is 5.69 Å². The number of aromatic nitrogens is 5. The molecule has 3 aromatic carbocycles. The summed E-state index contributed by atoms with van der Waals surface area (Å²) in [7, 11) is 0. The highest BCUT2D eigenvalue weighted by Crippen LogP contribution is 2.25. The molecule has 0 aliphatic heterocycles. The van der Waals surface area contributed by atoms with E-state index in [0.717, 1.165) is 39.7 Å². The predicted octanol–water partition coefficient (Wildman–Crippen LogP) is 4.83. The third-order valence-corrected chi connectivity index (χ3v) is 6.22. The number of aryl methyl sites for hydroxylation is 1. The van der Waals surface area contributed by atoms with Gasteiger partial charge in [-0.2, -0.15) is 10.2 Å². The van der Waals surface area contributed by atoms with Crippen LogP contribution in [0, 0.1) is 6.92 Å². The molecule has 6 aromatic rings. The molecule has 0 unspecified atom stereocenters. The minimum absolute atomic E-state index is 0.267. The predicted molar refractivity (Wildman–Crippen MR) is 133 cm³/mol. The van der Waals surface area contributed by atoms with E-state index < -0.39 is 5.91 Å². The zero-order chi connectivity index (χ0) is 23.2. The molecule has 3 aromatic heterocycles. The number of carbonyl (C=O) groups excluding carboxylic acids is 1. The van der Waals surface area contributed by atoms with Gasteiger partial charge in [-0.05, 0) is 66.1 Å². The van der Waals surface area contributed by atoms with Crippen LogP contribution in [0.3, 0.4) is 0 Å². The minimum atomic E-state index is -0.526. The van der Waals surface area contributed by atoms with Gasteiger partial charge in [0.25, 0.3) is 5.91 Å². The Hall–Kier alpha value is -4.65. The highest BCUT2D eigenvalue weighted by Gasteiger charge is 2.12. The molecule has 0 fully saturated rings. The zero-order valence-electron chi connectivity index (χ0n) is 18.6. The van der Waals surface area contributed by atoms with Crippen molar-refractivity contribution in [2.45, 2.75) is 13.5 Å². The number of nitrogens with two attached hydrogens (primary N) is 1. The van der Waals surface area contributed by atoms with Crippen LogP contribution < -0.4 is 5.73 Å². The summed E-state index contributed by atoms with van der Waals surface area (Å²) in [5, 5.41) is 13.6. The Bertz CT molecular complexity index is 1670. The number of nitrogens with one attached hydrogen (secondary N) is 1. The van der Waals surface area contributed by atoms with Crippen LogP contribution in [-0.2, 0) is 6.54 Å². The number of primary amides is 1. The number of rotatable bonds is 5. The number of hydrogen-bond acceptors (Lipinski definition) is 3. The van der Waals surface area contributed by atoms with Crippen LogP contribution in [0.4, 0.5) is 0 Å². The second-order valence-corrected chi connectivity index (χ2v) is 8.50. The van der Waals surface area contributed by atoms with Gasteiger partial charge in [-0.3, -0.25) is 9.89 Å². The smallest absolute Gasteiger partial charge is 0.269 e. The molecule has 3 heterocycles. The van der Waals surface area contributed by atoms with Crippen LogP contribution in [0.1, 0.15) is 21.7 Å². The second kappa shape index (κ2) is 7.74. The van der Waals surface area contributed by atoms with Crippen LogP contribution in [0.25, 0.3) is 38.6 Å². The van der Waals surface area contributed by atoms with Crippen molar-refractivity contribution in [3.05, 3.63) is 102 Å². The maximum absolute atomic E-state index is 11.5. The third kappa shape index (κ3) is 3.44. The molecule has 0 bridgehead atoms. The fourth-order valence-corrected chi connectivity index (χ4v) is 4.43. The molecule has 1 amide bonds. The van der Waals surface area contributed by atoms with Crippen LogP contribution in [0.15, 0.2) is 85.2 Å². The lowest BCUT2D eigenvalue weighted by molar-refractivity contribution is 0.0995. The van der Waals surface area contributed by atoms with Gasteiger partial charge in [0.15, 0.2) is 5.69 Å². The summed E-state index contributed by atoms with van der Waals surface area (Å²) in [6.45, 7) is 2.68. The van der Waals surface area contributed by atoms with Crippen molar-refractivity contribution in [3.63, 3.8) is 0 Å². The van der Waals surface area contributed by atoms with Crippen molar-refractivity contribution in [1.29, 1.82) is 0 Å². The Balaban J connectivity index is 1.26. The first-order chi connectivity index (χ1) is 16.5. The molecule has 0 atom stereocenters. The van der Waals surface area contributed by atoms with Gasteiger partial charge in [0.05, 0.1) is 17.4 Å². The molecule has 7 nitrogen and oxygen atoms in total. The number of carbonyl (C=O) groups is 1. The lowest BCUT2D eigenvalue weighted by atomic mass is 10.0. The van der Waals surface area contributed by atoms with E-state index in [1.807, 2.05) is 19.2 Å². The first-order valence-electron chi connectivity index (χ1n) is 11.0. The summed E-state index contributed by atoms with van der Waals surface area (Å²) in [5.41, 5.74) is 13.2. The molecule has 3 N–H and O–H groups in total. The number of H-pyrrole nitrogens is 1. The van der Waals surface area contributed by atoms with Gasteiger partial charge in [0.2, 0.25) is 0 Å². The van der Waals surface area contributed by atoms with E-state index in [1.54, 1.807) is 10.7 Å². The van der Waals surface area contributed by atoms with E-state index in [4.69, 9.17) is 5.73 Å². The summed E-state index contributed by atoms with van der Waals surface area (Å²) in [5.74, 6) is -0.526. The van der Waals surface area contributed by atoms with Crippen molar-refractivity contribution >= 4 is 27.7 Å². The Morgan fingerprint density at radius 1 is 0.941 bits per heavy atom. The number of aromatic amines is 1. The van der Waals surface area contributed by atoms with Crippen LogP contribution >= 0.6 is 0 Å². The first-order valence-corrected chi connectivity index (χ1v) is 11.0. The summed E-state index contributed by atoms with van der Waals surface area (Å²) >= 11 is 0. The van der Waals surface area contributed by atoms with Gasteiger partial charge >= 0.3 is 0 Å². The van der Waals surface area contributed by atoms with Crippen LogP contribution in [-0.4, -0.2) is 30.5 Å². The van der Waals surface area contributed by atoms with E-state index >= 15 is 0 Å². The Morgan fingerprint density at radius 2 is 1.76 bits per heavy atom. The van der Waals surface area contributed by atoms with Crippen LogP contribution in [0.2, 0.25) is 0 Å². The summed E-state index contributed by atoms with van der Waals surface area (Å²) < 4.78 is 3.98. The van der Waals surface area contributed by atoms with E-state index in [9.17, 15) is 4.79 Å². The lowest BCUT2D eigenvalue weighted by Crippen LogP contribution is -2.12. The monoisotopic (exact) mass is 446 g/mol. The maximum Gasteiger partial charge on any atom is 0.269 e. The summed E-state index contributed by atoms with van der Waals surface area (Å²) in [4.78, 5) is 11.5. The van der Waals surface area contributed by atoms with E-state index in [1.165, 1.54) is 16.7 Å². The molecule has 0 aliphatic rings. The average Bonchev–Trinajstić information content (AvgIpc) is 3.57. The lowest BCUT2D eigenvalue weighted by Gasteiger charge is -2.09. The topological polar surface area (TPSA) is 94.5 Å². The van der Waals surface area contributed by atoms with Crippen molar-refractivity contribution in [2.75, 3.05) is 0 Å². The SMILES string of the molecule is Cc1cc(C(N)=O)nn1-c1ccc2c(ccn2Cc2ccc(-c3ccc4[nH]ncc4c3)cc2)c1. The molecule has 166 valence electrons.